The SMILES string of the molecule is Cc1ccc(-c2nn(-c3ccccc3)cc2C(=O)N2CCC(C(N)=O)CC2)cc1. The van der Waals surface area contributed by atoms with Crippen LogP contribution in [0.4, 0.5) is 0 Å². The second-order valence-electron chi connectivity index (χ2n) is 7.51. The van der Waals surface area contributed by atoms with Crippen molar-refractivity contribution in [1.29, 1.82) is 0 Å². The van der Waals surface area contributed by atoms with Crippen LogP contribution in [-0.4, -0.2) is 39.6 Å². The summed E-state index contributed by atoms with van der Waals surface area (Å²) in [6.07, 6.45) is 3.01. The van der Waals surface area contributed by atoms with Crippen LogP contribution in [0.2, 0.25) is 0 Å². The standard InChI is InChI=1S/C23H24N4O2/c1-16-7-9-17(10-8-16)21-20(15-27(25-21)19-5-3-2-4-6-19)23(29)26-13-11-18(12-14-26)22(24)28/h2-10,15,18H,11-14H2,1H3,(H2,24,28). The molecule has 0 bridgehead atoms. The van der Waals surface area contributed by atoms with Crippen LogP contribution in [0.3, 0.4) is 0 Å². The molecule has 0 spiro atoms. The molecule has 1 aliphatic heterocycles. The Morgan fingerprint density at radius 3 is 2.28 bits per heavy atom. The topological polar surface area (TPSA) is 81.2 Å². The molecule has 2 amide bonds. The number of aromatic nitrogens is 2. The van der Waals surface area contributed by atoms with E-state index < -0.39 is 0 Å². The number of nitrogens with two attached hydrogens (primary N) is 1. The van der Waals surface area contributed by atoms with E-state index >= 15 is 0 Å². The summed E-state index contributed by atoms with van der Waals surface area (Å²) in [7, 11) is 0. The Morgan fingerprint density at radius 1 is 1.00 bits per heavy atom. The summed E-state index contributed by atoms with van der Waals surface area (Å²) >= 11 is 0. The lowest BCUT2D eigenvalue weighted by Crippen LogP contribution is -2.41. The number of hydrogen-bond donors (Lipinski definition) is 1. The highest BCUT2D eigenvalue weighted by molar-refractivity contribution is 6.00. The van der Waals surface area contributed by atoms with Crippen LogP contribution in [0.25, 0.3) is 16.9 Å². The third kappa shape index (κ3) is 3.92. The number of carbonyl (C=O) groups excluding carboxylic acids is 2. The molecule has 4 rings (SSSR count). The monoisotopic (exact) mass is 388 g/mol. The molecule has 1 aliphatic rings. The maximum Gasteiger partial charge on any atom is 0.257 e. The Balaban J connectivity index is 1.69. The van der Waals surface area contributed by atoms with Crippen molar-refractivity contribution in [3.05, 3.63) is 71.9 Å². The molecule has 0 atom stereocenters. The van der Waals surface area contributed by atoms with Crippen LogP contribution in [0.15, 0.2) is 60.8 Å². The molecule has 2 heterocycles. The zero-order valence-corrected chi connectivity index (χ0v) is 16.4. The Bertz CT molecular complexity index is 1020. The van der Waals surface area contributed by atoms with E-state index in [9.17, 15) is 9.59 Å². The highest BCUT2D eigenvalue weighted by Gasteiger charge is 2.29. The second kappa shape index (κ2) is 7.91. The lowest BCUT2D eigenvalue weighted by atomic mass is 9.95. The zero-order chi connectivity index (χ0) is 20.4. The first-order chi connectivity index (χ1) is 14.0. The van der Waals surface area contributed by atoms with Gasteiger partial charge in [0.05, 0.1) is 11.3 Å². The number of amides is 2. The van der Waals surface area contributed by atoms with E-state index in [0.29, 0.717) is 37.2 Å². The Morgan fingerprint density at radius 2 is 1.66 bits per heavy atom. The van der Waals surface area contributed by atoms with Gasteiger partial charge in [0.15, 0.2) is 0 Å². The molecule has 2 aromatic carbocycles. The first-order valence-electron chi connectivity index (χ1n) is 9.83. The van der Waals surface area contributed by atoms with Gasteiger partial charge in [0.25, 0.3) is 5.91 Å². The molecule has 1 fully saturated rings. The predicted octanol–water partition coefficient (Wildman–Crippen LogP) is 3.19. The van der Waals surface area contributed by atoms with Gasteiger partial charge in [-0.3, -0.25) is 9.59 Å². The van der Waals surface area contributed by atoms with Crippen molar-refractivity contribution < 1.29 is 9.59 Å². The van der Waals surface area contributed by atoms with Gasteiger partial charge in [-0.25, -0.2) is 4.68 Å². The van der Waals surface area contributed by atoms with Crippen LogP contribution in [-0.2, 0) is 4.79 Å². The third-order valence-electron chi connectivity index (χ3n) is 5.47. The average Bonchev–Trinajstić information content (AvgIpc) is 3.20. The van der Waals surface area contributed by atoms with Gasteiger partial charge in [0, 0.05) is 30.8 Å². The van der Waals surface area contributed by atoms with Crippen molar-refractivity contribution >= 4 is 11.8 Å². The minimum Gasteiger partial charge on any atom is -0.369 e. The number of primary amides is 1. The highest BCUT2D eigenvalue weighted by Crippen LogP contribution is 2.27. The number of hydrogen-bond acceptors (Lipinski definition) is 3. The highest BCUT2D eigenvalue weighted by atomic mass is 16.2. The van der Waals surface area contributed by atoms with Crippen molar-refractivity contribution in [2.75, 3.05) is 13.1 Å². The second-order valence-corrected chi connectivity index (χ2v) is 7.51. The fourth-order valence-electron chi connectivity index (χ4n) is 3.71. The molecule has 3 aromatic rings. The number of aryl methyl sites for hydroxylation is 1. The first-order valence-corrected chi connectivity index (χ1v) is 9.83. The van der Waals surface area contributed by atoms with E-state index in [1.165, 1.54) is 0 Å². The molecule has 148 valence electrons. The number of para-hydroxylation sites is 1. The largest absolute Gasteiger partial charge is 0.369 e. The van der Waals surface area contributed by atoms with E-state index in [2.05, 4.69) is 0 Å². The normalized spacial score (nSPS) is 14.7. The van der Waals surface area contributed by atoms with Gasteiger partial charge in [-0.05, 0) is 31.9 Å². The van der Waals surface area contributed by atoms with Crippen molar-refractivity contribution in [2.45, 2.75) is 19.8 Å². The number of likely N-dealkylation sites (tertiary alicyclic amines) is 1. The lowest BCUT2D eigenvalue weighted by Gasteiger charge is -2.30. The van der Waals surface area contributed by atoms with Gasteiger partial charge in [-0.15, -0.1) is 0 Å². The molecular weight excluding hydrogens is 364 g/mol. The molecule has 1 saturated heterocycles. The summed E-state index contributed by atoms with van der Waals surface area (Å²) in [6.45, 7) is 3.08. The Kier molecular flexibility index (Phi) is 5.16. The van der Waals surface area contributed by atoms with Crippen LogP contribution in [0.1, 0.15) is 28.8 Å². The summed E-state index contributed by atoms with van der Waals surface area (Å²) in [6, 6.07) is 17.8. The summed E-state index contributed by atoms with van der Waals surface area (Å²) in [4.78, 5) is 26.6. The molecule has 6 nitrogen and oxygen atoms in total. The zero-order valence-electron chi connectivity index (χ0n) is 16.4. The fourth-order valence-corrected chi connectivity index (χ4v) is 3.71. The first kappa shape index (κ1) is 18.9. The van der Waals surface area contributed by atoms with Gasteiger partial charge >= 0.3 is 0 Å². The summed E-state index contributed by atoms with van der Waals surface area (Å²) in [5.41, 5.74) is 9.60. The quantitative estimate of drug-likeness (QED) is 0.745. The molecular formula is C23H24N4O2. The van der Waals surface area contributed by atoms with Crippen LogP contribution >= 0.6 is 0 Å². The van der Waals surface area contributed by atoms with Gasteiger partial charge in [0.2, 0.25) is 5.91 Å². The number of rotatable bonds is 4. The van der Waals surface area contributed by atoms with Crippen LogP contribution in [0.5, 0.6) is 0 Å². The van der Waals surface area contributed by atoms with Gasteiger partial charge in [0.1, 0.15) is 5.69 Å². The molecule has 0 unspecified atom stereocenters. The van der Waals surface area contributed by atoms with Gasteiger partial charge < -0.3 is 10.6 Å². The van der Waals surface area contributed by atoms with E-state index in [0.717, 1.165) is 16.8 Å². The van der Waals surface area contributed by atoms with E-state index in [4.69, 9.17) is 10.8 Å². The van der Waals surface area contributed by atoms with Crippen molar-refractivity contribution in [1.82, 2.24) is 14.7 Å². The van der Waals surface area contributed by atoms with Crippen molar-refractivity contribution in [3.8, 4) is 16.9 Å². The minimum absolute atomic E-state index is 0.0642. The smallest absolute Gasteiger partial charge is 0.257 e. The lowest BCUT2D eigenvalue weighted by molar-refractivity contribution is -0.123. The molecule has 0 radical (unpaired) electrons. The number of benzene rings is 2. The van der Waals surface area contributed by atoms with Crippen molar-refractivity contribution in [2.24, 2.45) is 11.7 Å². The van der Waals surface area contributed by atoms with E-state index in [1.807, 2.05) is 61.5 Å². The molecule has 6 heteroatoms. The van der Waals surface area contributed by atoms with Crippen LogP contribution in [0, 0.1) is 12.8 Å². The number of piperidine rings is 1. The summed E-state index contributed by atoms with van der Waals surface area (Å²) < 4.78 is 1.75. The maximum atomic E-state index is 13.3. The Labute approximate surface area is 169 Å². The third-order valence-corrected chi connectivity index (χ3v) is 5.47. The van der Waals surface area contributed by atoms with E-state index in [-0.39, 0.29) is 17.7 Å². The molecule has 0 saturated carbocycles. The molecule has 0 aliphatic carbocycles. The number of carbonyl (C=O) groups is 2. The summed E-state index contributed by atoms with van der Waals surface area (Å²) in [5.74, 6) is -0.498. The molecule has 2 N–H and O–H groups in total. The van der Waals surface area contributed by atoms with Gasteiger partial charge in [-0.2, -0.15) is 5.10 Å². The maximum absolute atomic E-state index is 13.3. The summed E-state index contributed by atoms with van der Waals surface area (Å²) in [5, 5.41) is 4.73. The van der Waals surface area contributed by atoms with Crippen LogP contribution < -0.4 is 5.73 Å². The minimum atomic E-state index is -0.283. The molecule has 29 heavy (non-hydrogen) atoms. The van der Waals surface area contributed by atoms with Gasteiger partial charge in [-0.1, -0.05) is 48.0 Å². The number of nitrogens with zero attached hydrogens (tertiary/aromatic N) is 3. The fraction of sp³-hybridized carbons (Fsp3) is 0.261. The predicted molar refractivity (Wildman–Crippen MR) is 112 cm³/mol. The average molecular weight is 388 g/mol. The molecule has 1 aromatic heterocycles. The van der Waals surface area contributed by atoms with E-state index in [1.54, 1.807) is 15.8 Å². The van der Waals surface area contributed by atoms with Crippen molar-refractivity contribution in [3.63, 3.8) is 0 Å². The Hall–Kier alpha value is -3.41.